The Morgan fingerprint density at radius 2 is 1.12 bits per heavy atom. The van der Waals surface area contributed by atoms with Crippen molar-refractivity contribution in [1.82, 2.24) is 0 Å². The Morgan fingerprint density at radius 3 is 1.36 bits per heavy atom. The van der Waals surface area contributed by atoms with E-state index in [-0.39, 0.29) is 12.8 Å². The zero-order valence-electron chi connectivity index (χ0n) is 14.1. The summed E-state index contributed by atoms with van der Waals surface area (Å²) in [6, 6.07) is 0. The van der Waals surface area contributed by atoms with Gasteiger partial charge in [0.05, 0.1) is 12.2 Å². The van der Waals surface area contributed by atoms with Crippen LogP contribution in [-0.2, 0) is 14.3 Å². The zero-order valence-corrected chi connectivity index (χ0v) is 14.1. The van der Waals surface area contributed by atoms with E-state index in [1.54, 1.807) is 0 Å². The molecule has 140 valence electrons. The van der Waals surface area contributed by atoms with E-state index in [1.807, 2.05) is 0 Å². The highest BCUT2D eigenvalue weighted by atomic mass is 16.6. The number of esters is 2. The number of carbonyl (C=O) groups excluding carboxylic acids is 2. The van der Waals surface area contributed by atoms with Crippen molar-refractivity contribution in [3.05, 3.63) is 50.6 Å². The molecule has 0 bridgehead atoms. The summed E-state index contributed by atoms with van der Waals surface area (Å²) >= 11 is 0. The Hall–Kier alpha value is -2.06. The van der Waals surface area contributed by atoms with Gasteiger partial charge in [-0.1, -0.05) is 24.3 Å². The van der Waals surface area contributed by atoms with Crippen LogP contribution in [0.1, 0.15) is 25.7 Å². The van der Waals surface area contributed by atoms with Gasteiger partial charge in [0, 0.05) is 12.8 Å². The molecule has 0 aliphatic rings. The highest BCUT2D eigenvalue weighted by Crippen LogP contribution is 2.25. The Kier molecular flexibility index (Phi) is 9.22. The predicted octanol–water partition coefficient (Wildman–Crippen LogP) is 0.545. The summed E-state index contributed by atoms with van der Waals surface area (Å²) in [6.45, 7) is 13.5. The third-order valence-electron chi connectivity index (χ3n) is 3.69. The van der Waals surface area contributed by atoms with E-state index in [4.69, 9.17) is 0 Å². The van der Waals surface area contributed by atoms with Crippen LogP contribution in [0.2, 0.25) is 0 Å². The van der Waals surface area contributed by atoms with Crippen LogP contribution < -0.4 is 0 Å². The standard InChI is InChI=1S/C18H26O7/c1-5-9-13(19)17(23,11-7-3)15(21)25-16(22)18(24,12-8-4)14(20)10-6-2/h5-8,13-14,19-20,23-24H,1-4,9-12H2. The average molecular weight is 354 g/mol. The minimum absolute atomic E-state index is 0.149. The average Bonchev–Trinajstić information content (AvgIpc) is 2.55. The van der Waals surface area contributed by atoms with Gasteiger partial charge < -0.3 is 25.2 Å². The van der Waals surface area contributed by atoms with Crippen molar-refractivity contribution in [3.8, 4) is 0 Å². The van der Waals surface area contributed by atoms with Gasteiger partial charge in [0.1, 0.15) is 0 Å². The monoisotopic (exact) mass is 354 g/mol. The van der Waals surface area contributed by atoms with Gasteiger partial charge in [-0.15, -0.1) is 26.3 Å². The molecule has 0 fully saturated rings. The van der Waals surface area contributed by atoms with Gasteiger partial charge in [-0.05, 0) is 12.8 Å². The van der Waals surface area contributed by atoms with Crippen LogP contribution >= 0.6 is 0 Å². The second-order valence-corrected chi connectivity index (χ2v) is 5.59. The SMILES string of the molecule is C=CCC(O)C(O)(CC=C)C(=O)OC(=O)C(O)(CC=C)C(O)CC=C. The fourth-order valence-electron chi connectivity index (χ4n) is 2.12. The second-order valence-electron chi connectivity index (χ2n) is 5.59. The van der Waals surface area contributed by atoms with Crippen LogP contribution in [0.5, 0.6) is 0 Å². The van der Waals surface area contributed by atoms with Crippen molar-refractivity contribution in [3.63, 3.8) is 0 Å². The molecule has 0 spiro atoms. The van der Waals surface area contributed by atoms with E-state index in [9.17, 15) is 30.0 Å². The number of ether oxygens (including phenoxy) is 1. The van der Waals surface area contributed by atoms with Crippen molar-refractivity contribution in [2.75, 3.05) is 0 Å². The van der Waals surface area contributed by atoms with Crippen molar-refractivity contribution >= 4 is 11.9 Å². The lowest BCUT2D eigenvalue weighted by molar-refractivity contribution is -0.197. The van der Waals surface area contributed by atoms with E-state index in [0.29, 0.717) is 0 Å². The maximum atomic E-state index is 12.2. The first-order valence-corrected chi connectivity index (χ1v) is 7.65. The fourth-order valence-corrected chi connectivity index (χ4v) is 2.12. The molecule has 4 unspecified atom stereocenters. The van der Waals surface area contributed by atoms with Gasteiger partial charge in [0.25, 0.3) is 0 Å². The van der Waals surface area contributed by atoms with Gasteiger partial charge in [-0.25, -0.2) is 9.59 Å². The van der Waals surface area contributed by atoms with Crippen LogP contribution in [0.3, 0.4) is 0 Å². The Labute approximate surface area is 147 Å². The number of aliphatic hydroxyl groups is 4. The van der Waals surface area contributed by atoms with Gasteiger partial charge in [-0.3, -0.25) is 0 Å². The van der Waals surface area contributed by atoms with Gasteiger partial charge >= 0.3 is 11.9 Å². The molecule has 0 aromatic rings. The van der Waals surface area contributed by atoms with Crippen molar-refractivity contribution in [2.24, 2.45) is 0 Å². The third kappa shape index (κ3) is 5.47. The van der Waals surface area contributed by atoms with Crippen molar-refractivity contribution < 1.29 is 34.8 Å². The van der Waals surface area contributed by atoms with E-state index in [1.165, 1.54) is 24.3 Å². The van der Waals surface area contributed by atoms with Crippen molar-refractivity contribution in [2.45, 2.75) is 49.1 Å². The molecule has 0 radical (unpaired) electrons. The molecular weight excluding hydrogens is 328 g/mol. The molecule has 0 aliphatic carbocycles. The topological polar surface area (TPSA) is 124 Å². The molecule has 0 amide bonds. The molecule has 0 aromatic carbocycles. The summed E-state index contributed by atoms with van der Waals surface area (Å²) in [4.78, 5) is 24.5. The third-order valence-corrected chi connectivity index (χ3v) is 3.69. The second kappa shape index (κ2) is 10.0. The van der Waals surface area contributed by atoms with Crippen LogP contribution in [0.25, 0.3) is 0 Å². The Balaban J connectivity index is 5.53. The summed E-state index contributed by atoms with van der Waals surface area (Å²) in [5, 5.41) is 40.7. The summed E-state index contributed by atoms with van der Waals surface area (Å²) in [5.41, 5.74) is -4.91. The van der Waals surface area contributed by atoms with E-state index in [0.717, 1.165) is 0 Å². The molecule has 7 nitrogen and oxygen atoms in total. The van der Waals surface area contributed by atoms with E-state index >= 15 is 0 Å². The Morgan fingerprint density at radius 1 is 0.800 bits per heavy atom. The summed E-state index contributed by atoms with van der Waals surface area (Å²) in [5.74, 6) is -2.94. The molecule has 0 saturated carbocycles. The lowest BCUT2D eigenvalue weighted by atomic mass is 9.89. The molecule has 7 heteroatoms. The maximum absolute atomic E-state index is 12.2. The number of rotatable bonds is 12. The molecule has 25 heavy (non-hydrogen) atoms. The molecule has 0 aromatic heterocycles. The maximum Gasteiger partial charge on any atom is 0.348 e. The number of carbonyl (C=O) groups is 2. The van der Waals surface area contributed by atoms with Crippen LogP contribution in [0, 0.1) is 0 Å². The summed E-state index contributed by atoms with van der Waals surface area (Å²) < 4.78 is 4.56. The highest BCUT2D eigenvalue weighted by Gasteiger charge is 2.49. The highest BCUT2D eigenvalue weighted by molar-refractivity contribution is 5.94. The smallest absolute Gasteiger partial charge is 0.348 e. The Bertz CT molecular complexity index is 482. The van der Waals surface area contributed by atoms with Crippen molar-refractivity contribution in [1.29, 1.82) is 0 Å². The molecule has 0 rings (SSSR count). The summed E-state index contributed by atoms with van der Waals surface area (Å²) in [6.07, 6.45) is 0.578. The van der Waals surface area contributed by atoms with Crippen LogP contribution in [-0.4, -0.2) is 55.8 Å². The first-order chi connectivity index (χ1) is 11.6. The number of hydrogen-bond acceptors (Lipinski definition) is 7. The minimum Gasteiger partial charge on any atom is -0.389 e. The first kappa shape index (κ1) is 22.9. The molecule has 4 atom stereocenters. The lowest BCUT2D eigenvalue weighted by Crippen LogP contribution is -2.55. The van der Waals surface area contributed by atoms with Crippen LogP contribution in [0.15, 0.2) is 50.6 Å². The predicted molar refractivity (Wildman–Crippen MR) is 92.3 cm³/mol. The summed E-state index contributed by atoms with van der Waals surface area (Å²) in [7, 11) is 0. The van der Waals surface area contributed by atoms with Gasteiger partial charge in [-0.2, -0.15) is 0 Å². The molecular formula is C18H26O7. The minimum atomic E-state index is -2.45. The first-order valence-electron chi connectivity index (χ1n) is 7.65. The number of aliphatic hydroxyl groups excluding tert-OH is 2. The molecule has 0 aliphatic heterocycles. The van der Waals surface area contributed by atoms with E-state index < -0.39 is 48.2 Å². The molecule has 0 saturated heterocycles. The fraction of sp³-hybridized carbons (Fsp3) is 0.444. The molecule has 4 N–H and O–H groups in total. The van der Waals surface area contributed by atoms with Gasteiger partial charge in [0.15, 0.2) is 11.2 Å². The largest absolute Gasteiger partial charge is 0.389 e. The van der Waals surface area contributed by atoms with Crippen LogP contribution in [0.4, 0.5) is 0 Å². The van der Waals surface area contributed by atoms with E-state index in [2.05, 4.69) is 31.1 Å². The molecule has 0 heterocycles. The van der Waals surface area contributed by atoms with Gasteiger partial charge in [0.2, 0.25) is 0 Å². The lowest BCUT2D eigenvalue weighted by Gasteiger charge is -2.32. The zero-order chi connectivity index (χ0) is 19.7. The quantitative estimate of drug-likeness (QED) is 0.229. The number of hydrogen-bond donors (Lipinski definition) is 4. The normalized spacial score (nSPS) is 17.9.